The van der Waals surface area contributed by atoms with E-state index in [0.29, 0.717) is 41.9 Å². The Morgan fingerprint density at radius 3 is 2.46 bits per heavy atom. The highest BCUT2D eigenvalue weighted by molar-refractivity contribution is 6.06. The second kappa shape index (κ2) is 15.3. The summed E-state index contributed by atoms with van der Waals surface area (Å²) in [6, 6.07) is 17.1. The molecule has 13 nitrogen and oxygen atoms in total. The number of pyridine rings is 1. The third-order valence-corrected chi connectivity index (χ3v) is 12.6. The highest BCUT2D eigenvalue weighted by Crippen LogP contribution is 2.36. The van der Waals surface area contributed by atoms with Gasteiger partial charge in [0.15, 0.2) is 0 Å². The molecule has 13 heteroatoms. The first-order chi connectivity index (χ1) is 27.3. The Balaban J connectivity index is 0.721. The molecule has 2 aromatic heterocycles. The van der Waals surface area contributed by atoms with Gasteiger partial charge >= 0.3 is 0 Å². The third kappa shape index (κ3) is 7.37. The van der Waals surface area contributed by atoms with E-state index in [1.807, 2.05) is 48.7 Å². The number of carbonyl (C=O) groups excluding carboxylic acids is 4. The van der Waals surface area contributed by atoms with Gasteiger partial charge in [-0.25, -0.2) is 4.98 Å². The lowest BCUT2D eigenvalue weighted by Crippen LogP contribution is -2.52. The first kappa shape index (κ1) is 36.4. The molecule has 2 aromatic carbocycles. The number of benzene rings is 2. The Kier molecular flexibility index (Phi) is 9.97. The Morgan fingerprint density at radius 2 is 1.71 bits per heavy atom. The van der Waals surface area contributed by atoms with Gasteiger partial charge in [0.2, 0.25) is 11.8 Å². The smallest absolute Gasteiger partial charge is 0.256 e. The largest absolute Gasteiger partial charge is 0.490 e. The number of rotatable bonds is 9. The average Bonchev–Trinajstić information content (AvgIpc) is 3.92. The van der Waals surface area contributed by atoms with E-state index in [9.17, 15) is 19.2 Å². The first-order valence-electron chi connectivity index (χ1n) is 20.3. The summed E-state index contributed by atoms with van der Waals surface area (Å²) in [5.74, 6) is 0.920. The van der Waals surface area contributed by atoms with E-state index in [2.05, 4.69) is 54.5 Å². The summed E-state index contributed by atoms with van der Waals surface area (Å²) in [6.07, 6.45) is 9.00. The number of imide groups is 1. The van der Waals surface area contributed by atoms with E-state index in [0.717, 1.165) is 99.3 Å². The van der Waals surface area contributed by atoms with Crippen LogP contribution in [-0.2, 0) is 16.1 Å². The van der Waals surface area contributed by atoms with Crippen molar-refractivity contribution in [1.82, 2.24) is 30.0 Å². The van der Waals surface area contributed by atoms with Crippen molar-refractivity contribution in [3.8, 4) is 5.75 Å². The molecule has 4 saturated heterocycles. The molecule has 0 saturated carbocycles. The van der Waals surface area contributed by atoms with Crippen molar-refractivity contribution >= 4 is 46.0 Å². The van der Waals surface area contributed by atoms with Crippen LogP contribution in [0.4, 0.5) is 11.5 Å². The normalized spacial score (nSPS) is 22.8. The zero-order valence-electron chi connectivity index (χ0n) is 32.0. The van der Waals surface area contributed by atoms with Gasteiger partial charge in [0.25, 0.3) is 11.8 Å². The fourth-order valence-electron chi connectivity index (χ4n) is 9.46. The maximum atomic E-state index is 13.3. The summed E-state index contributed by atoms with van der Waals surface area (Å²) in [7, 11) is 2.16. The second-order valence-corrected chi connectivity index (χ2v) is 16.3. The number of hydrogen-bond donors (Lipinski definition) is 3. The lowest BCUT2D eigenvalue weighted by atomic mass is 9.94. The van der Waals surface area contributed by atoms with E-state index < -0.39 is 6.04 Å². The van der Waals surface area contributed by atoms with Crippen LogP contribution in [0.15, 0.2) is 60.8 Å². The number of likely N-dealkylation sites (tertiary alicyclic amines) is 2. The molecular weight excluding hydrogens is 709 g/mol. The molecule has 4 amide bonds. The van der Waals surface area contributed by atoms with Gasteiger partial charge in [0.1, 0.15) is 23.7 Å². The quantitative estimate of drug-likeness (QED) is 0.199. The van der Waals surface area contributed by atoms with Crippen molar-refractivity contribution in [1.29, 1.82) is 0 Å². The zero-order chi connectivity index (χ0) is 38.3. The number of aromatic amines is 1. The number of anilines is 2. The molecule has 1 unspecified atom stereocenters. The Bertz CT molecular complexity index is 2140. The van der Waals surface area contributed by atoms with Gasteiger partial charge in [-0.1, -0.05) is 6.07 Å². The maximum absolute atomic E-state index is 13.3. The summed E-state index contributed by atoms with van der Waals surface area (Å²) >= 11 is 0. The molecule has 0 radical (unpaired) electrons. The van der Waals surface area contributed by atoms with Crippen LogP contribution in [0.1, 0.15) is 89.4 Å². The fraction of sp³-hybridized carbons (Fsp3) is 0.465. The van der Waals surface area contributed by atoms with Crippen LogP contribution in [0.5, 0.6) is 5.75 Å². The summed E-state index contributed by atoms with van der Waals surface area (Å²) in [4.78, 5) is 67.6. The molecule has 292 valence electrons. The van der Waals surface area contributed by atoms with Gasteiger partial charge < -0.3 is 29.7 Å². The molecule has 5 aliphatic heterocycles. The molecule has 7 heterocycles. The Morgan fingerprint density at radius 1 is 0.911 bits per heavy atom. The molecule has 4 aromatic rings. The average molecular weight is 759 g/mol. The zero-order valence-corrected chi connectivity index (χ0v) is 32.0. The predicted molar refractivity (Wildman–Crippen MR) is 213 cm³/mol. The van der Waals surface area contributed by atoms with Gasteiger partial charge in [-0.05, 0) is 107 Å². The fourth-order valence-corrected chi connectivity index (χ4v) is 9.46. The minimum atomic E-state index is -0.604. The number of H-pyrrole nitrogens is 1. The lowest BCUT2D eigenvalue weighted by molar-refractivity contribution is -0.136. The number of amides is 4. The van der Waals surface area contributed by atoms with Crippen LogP contribution >= 0.6 is 0 Å². The van der Waals surface area contributed by atoms with E-state index >= 15 is 0 Å². The SMILES string of the molecule is CN1CCC[C@@H]1c1cc2cnc(NC(=O)c3ccc(OC4CCN(CC5CCN(c6cccc7c6CN(C6CCC(=O)NC6=O)C7=O)CC5)CC4)cc3)cc2[nH]1. The van der Waals surface area contributed by atoms with Crippen molar-refractivity contribution < 1.29 is 23.9 Å². The third-order valence-electron chi connectivity index (χ3n) is 12.6. The van der Waals surface area contributed by atoms with Crippen molar-refractivity contribution in [2.24, 2.45) is 5.92 Å². The number of piperidine rings is 3. The van der Waals surface area contributed by atoms with E-state index in [1.54, 1.807) is 4.90 Å². The van der Waals surface area contributed by atoms with Crippen LogP contribution in [0.25, 0.3) is 10.9 Å². The molecule has 9 rings (SSSR count). The number of nitrogens with zero attached hydrogens (tertiary/aromatic N) is 5. The second-order valence-electron chi connectivity index (χ2n) is 16.3. The van der Waals surface area contributed by atoms with Crippen LogP contribution in [-0.4, -0.2) is 107 Å². The first-order valence-corrected chi connectivity index (χ1v) is 20.3. The molecule has 5 aliphatic rings. The highest BCUT2D eigenvalue weighted by Gasteiger charge is 2.40. The molecule has 0 bridgehead atoms. The summed E-state index contributed by atoms with van der Waals surface area (Å²) < 4.78 is 6.36. The highest BCUT2D eigenvalue weighted by atomic mass is 16.5. The summed E-state index contributed by atoms with van der Waals surface area (Å²) in [5, 5.41) is 6.39. The number of hydrogen-bond acceptors (Lipinski definition) is 9. The molecule has 0 aliphatic carbocycles. The molecule has 56 heavy (non-hydrogen) atoms. The van der Waals surface area contributed by atoms with Crippen molar-refractivity contribution in [2.75, 3.05) is 56.5 Å². The Hall–Kier alpha value is -5.27. The molecule has 3 N–H and O–H groups in total. The van der Waals surface area contributed by atoms with Gasteiger partial charge in [-0.3, -0.25) is 29.4 Å². The number of carbonyl (C=O) groups is 4. The Labute approximate surface area is 326 Å². The van der Waals surface area contributed by atoms with Crippen LogP contribution in [0.2, 0.25) is 0 Å². The standard InChI is InChI=1S/C43H50N8O5/c1-48-17-3-6-37(48)35-22-29-24-44-39(23-34(29)45-35)46-41(53)28-7-9-30(10-8-28)56-31-15-18-49(19-16-31)25-27-13-20-50(21-14-27)36-5-2-4-32-33(36)26-51(43(32)55)38-11-12-40(52)47-42(38)54/h2,4-5,7-10,22-24,27,31,37-38,45H,3,6,11-21,25-26H2,1H3,(H,44,46,53)(H,47,52,54)/t37-,38?/m1/s1. The van der Waals surface area contributed by atoms with E-state index in [1.165, 1.54) is 12.1 Å². The van der Waals surface area contributed by atoms with Crippen molar-refractivity contribution in [2.45, 2.75) is 76.1 Å². The van der Waals surface area contributed by atoms with Gasteiger partial charge in [-0.15, -0.1) is 0 Å². The van der Waals surface area contributed by atoms with Crippen LogP contribution < -0.4 is 20.3 Å². The minimum absolute atomic E-state index is 0.126. The molecule has 2 atom stereocenters. The number of nitrogens with one attached hydrogen (secondary N) is 3. The van der Waals surface area contributed by atoms with Gasteiger partial charge in [0, 0.05) is 97.5 Å². The topological polar surface area (TPSA) is 143 Å². The molecular formula is C43H50N8O5. The summed E-state index contributed by atoms with van der Waals surface area (Å²) in [5.41, 5.74) is 5.46. The molecule has 4 fully saturated rings. The van der Waals surface area contributed by atoms with Crippen molar-refractivity contribution in [3.05, 3.63) is 83.2 Å². The monoisotopic (exact) mass is 758 g/mol. The minimum Gasteiger partial charge on any atom is -0.490 e. The van der Waals surface area contributed by atoms with Crippen LogP contribution in [0.3, 0.4) is 0 Å². The molecule has 0 spiro atoms. The number of fused-ring (bicyclic) bond motifs is 2. The van der Waals surface area contributed by atoms with Gasteiger partial charge in [-0.2, -0.15) is 0 Å². The van der Waals surface area contributed by atoms with Crippen LogP contribution in [0, 0.1) is 5.92 Å². The van der Waals surface area contributed by atoms with Gasteiger partial charge in [0.05, 0.1) is 5.52 Å². The number of aromatic nitrogens is 2. The van der Waals surface area contributed by atoms with E-state index in [4.69, 9.17) is 4.74 Å². The van der Waals surface area contributed by atoms with Crippen molar-refractivity contribution in [3.63, 3.8) is 0 Å². The van der Waals surface area contributed by atoms with E-state index in [-0.39, 0.29) is 36.2 Å². The predicted octanol–water partition coefficient (Wildman–Crippen LogP) is 5.10. The summed E-state index contributed by atoms with van der Waals surface area (Å²) in [6.45, 7) is 6.42. The lowest BCUT2D eigenvalue weighted by Gasteiger charge is -2.39. The number of ether oxygens (including phenoxy) is 1. The maximum Gasteiger partial charge on any atom is 0.256 e.